The van der Waals surface area contributed by atoms with Crippen LogP contribution in [-0.2, 0) is 14.3 Å². The van der Waals surface area contributed by atoms with E-state index >= 15 is 0 Å². The molecule has 1 heterocycles. The maximum absolute atomic E-state index is 11.9. The molecule has 5 heteroatoms. The van der Waals surface area contributed by atoms with Crippen molar-refractivity contribution in [2.75, 3.05) is 33.9 Å². The summed E-state index contributed by atoms with van der Waals surface area (Å²) in [4.78, 5) is 14.2. The fraction of sp³-hybridized carbons (Fsp3) is 0.923. The highest BCUT2D eigenvalue weighted by Gasteiger charge is 2.50. The zero-order valence-corrected chi connectivity index (χ0v) is 11.4. The van der Waals surface area contributed by atoms with Crippen LogP contribution in [0.3, 0.4) is 0 Å². The molecule has 2 atom stereocenters. The van der Waals surface area contributed by atoms with Gasteiger partial charge in [-0.1, -0.05) is 0 Å². The summed E-state index contributed by atoms with van der Waals surface area (Å²) in [5, 5.41) is 0. The van der Waals surface area contributed by atoms with Crippen molar-refractivity contribution < 1.29 is 14.3 Å². The molecule has 104 valence electrons. The first kappa shape index (κ1) is 13.8. The molecule has 1 saturated heterocycles. The second-order valence-corrected chi connectivity index (χ2v) is 5.54. The van der Waals surface area contributed by atoms with E-state index in [1.807, 2.05) is 0 Å². The van der Waals surface area contributed by atoms with E-state index in [2.05, 4.69) is 4.90 Å². The molecule has 2 rings (SSSR count). The Bertz CT molecular complexity index is 307. The number of carbonyl (C=O) groups excluding carboxylic acids is 1. The van der Waals surface area contributed by atoms with Crippen LogP contribution >= 0.6 is 0 Å². The van der Waals surface area contributed by atoms with Gasteiger partial charge in [0.1, 0.15) is 5.54 Å². The van der Waals surface area contributed by atoms with Gasteiger partial charge < -0.3 is 15.2 Å². The second kappa shape index (κ2) is 5.55. The van der Waals surface area contributed by atoms with Gasteiger partial charge in [0.2, 0.25) is 0 Å². The van der Waals surface area contributed by atoms with Crippen molar-refractivity contribution in [1.82, 2.24) is 4.90 Å². The van der Waals surface area contributed by atoms with Gasteiger partial charge in [-0.15, -0.1) is 0 Å². The standard InChI is InChI=1S/C13H24N2O3/c1-17-11-4-3-7-15(8-11)9-13(14,10-5-6-10)12(16)18-2/h10-11H,3-9,14H2,1-2H3. The van der Waals surface area contributed by atoms with Gasteiger partial charge in [0.15, 0.2) is 0 Å². The van der Waals surface area contributed by atoms with E-state index in [-0.39, 0.29) is 18.0 Å². The summed E-state index contributed by atoms with van der Waals surface area (Å²) >= 11 is 0. The van der Waals surface area contributed by atoms with Gasteiger partial charge in [-0.25, -0.2) is 0 Å². The largest absolute Gasteiger partial charge is 0.468 e. The van der Waals surface area contributed by atoms with Gasteiger partial charge in [-0.2, -0.15) is 0 Å². The maximum Gasteiger partial charge on any atom is 0.327 e. The smallest absolute Gasteiger partial charge is 0.327 e. The van der Waals surface area contributed by atoms with Crippen molar-refractivity contribution >= 4 is 5.97 Å². The van der Waals surface area contributed by atoms with Crippen LogP contribution in [-0.4, -0.2) is 56.4 Å². The number of hydrogen-bond acceptors (Lipinski definition) is 5. The highest BCUT2D eigenvalue weighted by Crippen LogP contribution is 2.39. The Morgan fingerprint density at radius 1 is 1.39 bits per heavy atom. The average molecular weight is 256 g/mol. The lowest BCUT2D eigenvalue weighted by molar-refractivity contribution is -0.149. The van der Waals surface area contributed by atoms with Crippen LogP contribution in [0.25, 0.3) is 0 Å². The first-order chi connectivity index (χ1) is 8.60. The molecule has 0 spiro atoms. The summed E-state index contributed by atoms with van der Waals surface area (Å²) in [6, 6.07) is 0. The van der Waals surface area contributed by atoms with Gasteiger partial charge in [0.05, 0.1) is 13.2 Å². The maximum atomic E-state index is 11.9. The molecule has 0 aromatic heterocycles. The summed E-state index contributed by atoms with van der Waals surface area (Å²) in [5.41, 5.74) is 5.49. The minimum absolute atomic E-state index is 0.264. The lowest BCUT2D eigenvalue weighted by atomic mass is 9.92. The van der Waals surface area contributed by atoms with Crippen LogP contribution in [0.5, 0.6) is 0 Å². The number of ether oxygens (including phenoxy) is 2. The highest BCUT2D eigenvalue weighted by atomic mass is 16.5. The number of carbonyl (C=O) groups is 1. The van der Waals surface area contributed by atoms with Crippen molar-refractivity contribution in [3.63, 3.8) is 0 Å². The number of likely N-dealkylation sites (tertiary alicyclic amines) is 1. The Morgan fingerprint density at radius 3 is 2.67 bits per heavy atom. The molecule has 1 aliphatic carbocycles. The summed E-state index contributed by atoms with van der Waals surface area (Å²) in [6.07, 6.45) is 4.52. The first-order valence-electron chi connectivity index (χ1n) is 6.72. The van der Waals surface area contributed by atoms with Gasteiger partial charge in [0.25, 0.3) is 0 Å². The Kier molecular flexibility index (Phi) is 4.25. The minimum atomic E-state index is -0.829. The number of esters is 1. The predicted octanol–water partition coefficient (Wildman–Crippen LogP) is 0.378. The Balaban J connectivity index is 1.98. The van der Waals surface area contributed by atoms with Gasteiger partial charge in [0, 0.05) is 20.2 Å². The molecule has 2 N–H and O–H groups in total. The van der Waals surface area contributed by atoms with Crippen molar-refractivity contribution in [1.29, 1.82) is 0 Å². The van der Waals surface area contributed by atoms with E-state index < -0.39 is 5.54 Å². The molecule has 0 amide bonds. The van der Waals surface area contributed by atoms with Crippen LogP contribution < -0.4 is 5.73 Å². The average Bonchev–Trinajstić information content (AvgIpc) is 3.22. The topological polar surface area (TPSA) is 64.8 Å². The Labute approximate surface area is 109 Å². The van der Waals surface area contributed by atoms with Crippen LogP contribution in [0.1, 0.15) is 25.7 Å². The lowest BCUT2D eigenvalue weighted by Gasteiger charge is -2.37. The molecule has 0 aromatic carbocycles. The summed E-state index contributed by atoms with van der Waals surface area (Å²) in [6.45, 7) is 2.44. The van der Waals surface area contributed by atoms with Crippen LogP contribution in [0.4, 0.5) is 0 Å². The Morgan fingerprint density at radius 2 is 2.11 bits per heavy atom. The van der Waals surface area contributed by atoms with E-state index in [0.29, 0.717) is 6.54 Å². The van der Waals surface area contributed by atoms with Crippen molar-refractivity contribution in [3.8, 4) is 0 Å². The second-order valence-electron chi connectivity index (χ2n) is 5.54. The van der Waals surface area contributed by atoms with Crippen LogP contribution in [0.2, 0.25) is 0 Å². The zero-order chi connectivity index (χ0) is 13.2. The van der Waals surface area contributed by atoms with Gasteiger partial charge >= 0.3 is 5.97 Å². The molecule has 18 heavy (non-hydrogen) atoms. The van der Waals surface area contributed by atoms with Crippen molar-refractivity contribution in [3.05, 3.63) is 0 Å². The van der Waals surface area contributed by atoms with Crippen molar-refractivity contribution in [2.45, 2.75) is 37.3 Å². The van der Waals surface area contributed by atoms with E-state index in [9.17, 15) is 4.79 Å². The molecular weight excluding hydrogens is 232 g/mol. The SMILES string of the molecule is COC(=O)C(N)(CN1CCCC(OC)C1)C1CC1. The fourth-order valence-electron chi connectivity index (χ4n) is 2.87. The Hall–Kier alpha value is -0.650. The molecule has 1 saturated carbocycles. The number of nitrogens with zero attached hydrogens (tertiary/aromatic N) is 1. The zero-order valence-electron chi connectivity index (χ0n) is 11.4. The monoisotopic (exact) mass is 256 g/mol. The molecule has 0 radical (unpaired) electrons. The predicted molar refractivity (Wildman–Crippen MR) is 68.1 cm³/mol. The highest BCUT2D eigenvalue weighted by molar-refractivity contribution is 5.81. The van der Waals surface area contributed by atoms with Crippen molar-refractivity contribution in [2.24, 2.45) is 11.7 Å². The third-order valence-corrected chi connectivity index (χ3v) is 4.15. The normalized spacial score (nSPS) is 28.7. The van der Waals surface area contributed by atoms with Gasteiger partial charge in [-0.3, -0.25) is 9.69 Å². The minimum Gasteiger partial charge on any atom is -0.468 e. The molecule has 1 aliphatic heterocycles. The summed E-state index contributed by atoms with van der Waals surface area (Å²) in [5.74, 6) is 0.0115. The number of rotatable bonds is 5. The van der Waals surface area contributed by atoms with E-state index in [0.717, 1.165) is 38.8 Å². The number of piperidine rings is 1. The molecule has 2 aliphatic rings. The van der Waals surface area contributed by atoms with E-state index in [4.69, 9.17) is 15.2 Å². The number of nitrogens with two attached hydrogens (primary N) is 1. The number of hydrogen-bond donors (Lipinski definition) is 1. The van der Waals surface area contributed by atoms with Gasteiger partial charge in [-0.05, 0) is 38.1 Å². The number of methoxy groups -OCH3 is 2. The quantitative estimate of drug-likeness (QED) is 0.720. The van der Waals surface area contributed by atoms with E-state index in [1.54, 1.807) is 7.11 Å². The van der Waals surface area contributed by atoms with Crippen LogP contribution in [0.15, 0.2) is 0 Å². The fourth-order valence-corrected chi connectivity index (χ4v) is 2.87. The third kappa shape index (κ3) is 2.84. The summed E-state index contributed by atoms with van der Waals surface area (Å²) < 4.78 is 10.3. The molecule has 2 fully saturated rings. The molecule has 2 unspecified atom stereocenters. The van der Waals surface area contributed by atoms with E-state index in [1.165, 1.54) is 7.11 Å². The summed E-state index contributed by atoms with van der Waals surface area (Å²) in [7, 11) is 3.16. The first-order valence-corrected chi connectivity index (χ1v) is 6.72. The molecule has 5 nitrogen and oxygen atoms in total. The van der Waals surface area contributed by atoms with Crippen LogP contribution in [0, 0.1) is 5.92 Å². The third-order valence-electron chi connectivity index (χ3n) is 4.15. The molecular formula is C13H24N2O3. The molecule has 0 aromatic rings. The molecule has 0 bridgehead atoms. The lowest BCUT2D eigenvalue weighted by Crippen LogP contribution is -2.60.